The molecule has 1 rings (SSSR count). The standard InChI is InChI=1S/C11H12BrN/c12-7-6-11(9-13)8-10-4-2-1-3-5-10/h1-5,11H,6-8H2. The predicted molar refractivity (Wildman–Crippen MR) is 57.7 cm³/mol. The highest BCUT2D eigenvalue weighted by Crippen LogP contribution is 2.12. The molecule has 0 saturated heterocycles. The fourth-order valence-corrected chi connectivity index (χ4v) is 1.80. The zero-order valence-electron chi connectivity index (χ0n) is 7.41. The zero-order valence-corrected chi connectivity index (χ0v) is 9.00. The van der Waals surface area contributed by atoms with Gasteiger partial charge in [-0.25, -0.2) is 0 Å². The molecule has 1 aromatic carbocycles. The molecule has 0 radical (unpaired) electrons. The van der Waals surface area contributed by atoms with Crippen molar-refractivity contribution >= 4 is 15.9 Å². The maximum Gasteiger partial charge on any atom is 0.0659 e. The Balaban J connectivity index is 2.53. The number of alkyl halides is 1. The maximum atomic E-state index is 8.85. The van der Waals surface area contributed by atoms with Crippen molar-refractivity contribution < 1.29 is 0 Å². The van der Waals surface area contributed by atoms with Crippen molar-refractivity contribution in [2.75, 3.05) is 5.33 Å². The third kappa shape index (κ3) is 3.61. The third-order valence-corrected chi connectivity index (χ3v) is 2.42. The average molecular weight is 238 g/mol. The molecule has 1 aromatic rings. The van der Waals surface area contributed by atoms with Gasteiger partial charge in [0.1, 0.15) is 0 Å². The molecule has 1 atom stereocenters. The minimum absolute atomic E-state index is 0.141. The fraction of sp³-hybridized carbons (Fsp3) is 0.364. The Morgan fingerprint density at radius 3 is 2.54 bits per heavy atom. The molecule has 0 aliphatic heterocycles. The minimum atomic E-state index is 0.141. The summed E-state index contributed by atoms with van der Waals surface area (Å²) in [5, 5.41) is 9.75. The van der Waals surface area contributed by atoms with Crippen molar-refractivity contribution in [3.8, 4) is 6.07 Å². The topological polar surface area (TPSA) is 23.8 Å². The highest BCUT2D eigenvalue weighted by Gasteiger charge is 2.06. The summed E-state index contributed by atoms with van der Waals surface area (Å²) in [6.07, 6.45) is 1.79. The van der Waals surface area contributed by atoms with Crippen molar-refractivity contribution in [2.24, 2.45) is 5.92 Å². The monoisotopic (exact) mass is 237 g/mol. The van der Waals surface area contributed by atoms with Crippen LogP contribution in [0, 0.1) is 17.2 Å². The molecule has 0 fully saturated rings. The molecule has 0 aromatic heterocycles. The van der Waals surface area contributed by atoms with Gasteiger partial charge in [0.15, 0.2) is 0 Å². The van der Waals surface area contributed by atoms with Crippen LogP contribution in [-0.2, 0) is 6.42 Å². The second-order valence-electron chi connectivity index (χ2n) is 2.99. The molecular weight excluding hydrogens is 226 g/mol. The lowest BCUT2D eigenvalue weighted by molar-refractivity contribution is 0.646. The first-order valence-electron chi connectivity index (χ1n) is 4.36. The Labute approximate surface area is 87.5 Å². The second kappa shape index (κ2) is 5.77. The van der Waals surface area contributed by atoms with Crippen LogP contribution in [0.3, 0.4) is 0 Å². The molecule has 0 saturated carbocycles. The van der Waals surface area contributed by atoms with E-state index in [4.69, 9.17) is 5.26 Å². The number of nitrogens with zero attached hydrogens (tertiary/aromatic N) is 1. The maximum absolute atomic E-state index is 8.85. The summed E-state index contributed by atoms with van der Waals surface area (Å²) < 4.78 is 0. The molecule has 1 nitrogen and oxygen atoms in total. The normalized spacial score (nSPS) is 12.0. The van der Waals surface area contributed by atoms with Crippen LogP contribution < -0.4 is 0 Å². The first kappa shape index (κ1) is 10.3. The van der Waals surface area contributed by atoms with E-state index in [9.17, 15) is 0 Å². The van der Waals surface area contributed by atoms with Gasteiger partial charge < -0.3 is 0 Å². The van der Waals surface area contributed by atoms with Crippen LogP contribution in [0.25, 0.3) is 0 Å². The molecular formula is C11H12BrN. The summed E-state index contributed by atoms with van der Waals surface area (Å²) in [4.78, 5) is 0. The first-order chi connectivity index (χ1) is 6.36. The average Bonchev–Trinajstić information content (AvgIpc) is 2.19. The summed E-state index contributed by atoms with van der Waals surface area (Å²) in [7, 11) is 0. The van der Waals surface area contributed by atoms with Crippen molar-refractivity contribution in [3.05, 3.63) is 35.9 Å². The van der Waals surface area contributed by atoms with Gasteiger partial charge >= 0.3 is 0 Å². The Bertz CT molecular complexity index is 276. The molecule has 68 valence electrons. The number of benzene rings is 1. The van der Waals surface area contributed by atoms with Crippen molar-refractivity contribution in [3.63, 3.8) is 0 Å². The van der Waals surface area contributed by atoms with Crippen molar-refractivity contribution in [1.29, 1.82) is 5.26 Å². The van der Waals surface area contributed by atoms with Crippen LogP contribution in [0.5, 0.6) is 0 Å². The molecule has 0 amide bonds. The molecule has 0 spiro atoms. The van der Waals surface area contributed by atoms with Crippen molar-refractivity contribution in [1.82, 2.24) is 0 Å². The summed E-state index contributed by atoms with van der Waals surface area (Å²) in [6, 6.07) is 12.5. The van der Waals surface area contributed by atoms with E-state index in [-0.39, 0.29) is 5.92 Å². The Morgan fingerprint density at radius 1 is 1.31 bits per heavy atom. The second-order valence-corrected chi connectivity index (χ2v) is 3.79. The van der Waals surface area contributed by atoms with E-state index in [1.807, 2.05) is 18.2 Å². The van der Waals surface area contributed by atoms with E-state index < -0.39 is 0 Å². The van der Waals surface area contributed by atoms with Crippen molar-refractivity contribution in [2.45, 2.75) is 12.8 Å². The molecule has 2 heteroatoms. The summed E-state index contributed by atoms with van der Waals surface area (Å²) in [5.74, 6) is 0.141. The smallest absolute Gasteiger partial charge is 0.0659 e. The van der Waals surface area contributed by atoms with E-state index in [0.717, 1.165) is 18.2 Å². The van der Waals surface area contributed by atoms with Gasteiger partial charge in [0.25, 0.3) is 0 Å². The van der Waals surface area contributed by atoms with Gasteiger partial charge in [0.05, 0.1) is 12.0 Å². The number of hydrogen-bond acceptors (Lipinski definition) is 1. The number of hydrogen-bond donors (Lipinski definition) is 0. The van der Waals surface area contributed by atoms with Crippen LogP contribution in [0.15, 0.2) is 30.3 Å². The lowest BCUT2D eigenvalue weighted by Gasteiger charge is -2.05. The molecule has 13 heavy (non-hydrogen) atoms. The van der Waals surface area contributed by atoms with E-state index in [0.29, 0.717) is 0 Å². The van der Waals surface area contributed by atoms with Crippen LogP contribution in [0.4, 0.5) is 0 Å². The third-order valence-electron chi connectivity index (χ3n) is 1.97. The summed E-state index contributed by atoms with van der Waals surface area (Å²) >= 11 is 3.35. The van der Waals surface area contributed by atoms with Gasteiger partial charge in [-0.1, -0.05) is 46.3 Å². The Hall–Kier alpha value is -0.810. The molecule has 0 bridgehead atoms. The van der Waals surface area contributed by atoms with Crippen LogP contribution in [0.1, 0.15) is 12.0 Å². The molecule has 0 heterocycles. The van der Waals surface area contributed by atoms with E-state index >= 15 is 0 Å². The van der Waals surface area contributed by atoms with Gasteiger partial charge in [-0.2, -0.15) is 5.26 Å². The van der Waals surface area contributed by atoms with Gasteiger partial charge in [0.2, 0.25) is 0 Å². The summed E-state index contributed by atoms with van der Waals surface area (Å²) in [5.41, 5.74) is 1.25. The van der Waals surface area contributed by atoms with E-state index in [2.05, 4.69) is 34.1 Å². The molecule has 0 aliphatic rings. The number of nitriles is 1. The van der Waals surface area contributed by atoms with Gasteiger partial charge in [-0.05, 0) is 18.4 Å². The highest BCUT2D eigenvalue weighted by atomic mass is 79.9. The lowest BCUT2D eigenvalue weighted by Crippen LogP contribution is -2.02. The molecule has 1 unspecified atom stereocenters. The molecule has 0 aliphatic carbocycles. The van der Waals surface area contributed by atoms with E-state index in [1.54, 1.807) is 0 Å². The highest BCUT2D eigenvalue weighted by molar-refractivity contribution is 9.09. The Kier molecular flexibility index (Phi) is 4.56. The Morgan fingerprint density at radius 2 is 2.00 bits per heavy atom. The zero-order chi connectivity index (χ0) is 9.52. The minimum Gasteiger partial charge on any atom is -0.198 e. The molecule has 0 N–H and O–H groups in total. The SMILES string of the molecule is N#CC(CCBr)Cc1ccccc1. The van der Waals surface area contributed by atoms with E-state index in [1.165, 1.54) is 5.56 Å². The van der Waals surface area contributed by atoms with Gasteiger partial charge in [-0.15, -0.1) is 0 Å². The lowest BCUT2D eigenvalue weighted by atomic mass is 9.99. The predicted octanol–water partition coefficient (Wildman–Crippen LogP) is 3.15. The van der Waals surface area contributed by atoms with Gasteiger partial charge in [0, 0.05) is 5.33 Å². The van der Waals surface area contributed by atoms with Gasteiger partial charge in [-0.3, -0.25) is 0 Å². The van der Waals surface area contributed by atoms with Crippen LogP contribution >= 0.6 is 15.9 Å². The number of halogens is 1. The summed E-state index contributed by atoms with van der Waals surface area (Å²) in [6.45, 7) is 0. The van der Waals surface area contributed by atoms with Crippen LogP contribution in [-0.4, -0.2) is 5.33 Å². The first-order valence-corrected chi connectivity index (χ1v) is 5.48. The fourth-order valence-electron chi connectivity index (χ4n) is 1.24. The van der Waals surface area contributed by atoms with Crippen LogP contribution in [0.2, 0.25) is 0 Å². The largest absolute Gasteiger partial charge is 0.198 e. The number of rotatable bonds is 4. The quantitative estimate of drug-likeness (QED) is 0.739.